The van der Waals surface area contributed by atoms with Gasteiger partial charge in [0.25, 0.3) is 0 Å². The second-order valence-corrected chi connectivity index (χ2v) is 4.02. The van der Waals surface area contributed by atoms with Crippen molar-refractivity contribution < 1.29 is 15.5 Å². The van der Waals surface area contributed by atoms with Gasteiger partial charge in [-0.05, 0) is 24.3 Å². The van der Waals surface area contributed by atoms with Crippen LogP contribution < -0.4 is 0 Å². The molecular weight excluding hydrogens is 258 g/mol. The molecule has 6 heteroatoms. The summed E-state index contributed by atoms with van der Waals surface area (Å²) in [4.78, 5) is 2.57. The maximum Gasteiger partial charge on any atom is 0.0122 e. The Hall–Kier alpha value is -0.265. The van der Waals surface area contributed by atoms with Gasteiger partial charge in [-0.1, -0.05) is 48.2 Å². The molecule has 0 bridgehead atoms. The first-order valence-corrected chi connectivity index (χ1v) is 5.68. The zero-order valence-electron chi connectivity index (χ0n) is 9.28. The first-order valence-electron chi connectivity index (χ1n) is 4.86. The van der Waals surface area contributed by atoms with E-state index in [9.17, 15) is 0 Å². The molecule has 0 saturated carbocycles. The summed E-state index contributed by atoms with van der Waals surface area (Å²) in [6.07, 6.45) is 0. The molecular formula is C12H16BNaO3S. The van der Waals surface area contributed by atoms with Gasteiger partial charge in [0.2, 0.25) is 0 Å². The van der Waals surface area contributed by atoms with E-state index in [-0.39, 0.29) is 35.0 Å². The normalized spacial score (nSPS) is 7.89. The fourth-order valence-electron chi connectivity index (χ4n) is 1.11. The van der Waals surface area contributed by atoms with Crippen LogP contribution in [0.4, 0.5) is 0 Å². The van der Waals surface area contributed by atoms with Crippen LogP contribution in [0.15, 0.2) is 70.5 Å². The van der Waals surface area contributed by atoms with E-state index in [0.717, 1.165) is 0 Å². The third-order valence-electron chi connectivity index (χ3n) is 1.72. The Bertz CT molecular complexity index is 352. The van der Waals surface area contributed by atoms with Gasteiger partial charge in [0.05, 0.1) is 0 Å². The van der Waals surface area contributed by atoms with Crippen molar-refractivity contribution in [1.29, 1.82) is 0 Å². The molecule has 92 valence electrons. The number of benzene rings is 2. The molecule has 0 fully saturated rings. The van der Waals surface area contributed by atoms with Crippen LogP contribution in [0.1, 0.15) is 0 Å². The Morgan fingerprint density at radius 3 is 1.28 bits per heavy atom. The van der Waals surface area contributed by atoms with Gasteiger partial charge in [-0.25, -0.2) is 0 Å². The SMILES string of the molecule is O.OBO.[NaH].c1ccc(Sc2ccccc2)cc1. The molecule has 2 aromatic rings. The van der Waals surface area contributed by atoms with Crippen molar-refractivity contribution in [2.24, 2.45) is 0 Å². The summed E-state index contributed by atoms with van der Waals surface area (Å²) < 4.78 is 0. The largest absolute Gasteiger partial charge is 0.0901 e. The Labute approximate surface area is 134 Å². The van der Waals surface area contributed by atoms with E-state index in [1.165, 1.54) is 9.79 Å². The average Bonchev–Trinajstić information content (AvgIpc) is 2.33. The molecule has 2 rings (SSSR count). The summed E-state index contributed by atoms with van der Waals surface area (Å²) in [6, 6.07) is 20.8. The molecule has 18 heavy (non-hydrogen) atoms. The maximum atomic E-state index is 7.12. The quantitative estimate of drug-likeness (QED) is 0.788. The Morgan fingerprint density at radius 2 is 1.00 bits per heavy atom. The second kappa shape index (κ2) is 13.2. The zero-order chi connectivity index (χ0) is 11.6. The first kappa shape index (κ1) is 20.1. The van der Waals surface area contributed by atoms with Crippen LogP contribution in [0.3, 0.4) is 0 Å². The molecule has 0 aliphatic carbocycles. The van der Waals surface area contributed by atoms with Gasteiger partial charge in [0.15, 0.2) is 0 Å². The van der Waals surface area contributed by atoms with Crippen LogP contribution in [-0.2, 0) is 0 Å². The molecule has 0 radical (unpaired) electrons. The van der Waals surface area contributed by atoms with Crippen molar-refractivity contribution in [3.63, 3.8) is 0 Å². The summed E-state index contributed by atoms with van der Waals surface area (Å²) in [6.45, 7) is 0. The van der Waals surface area contributed by atoms with Crippen molar-refractivity contribution in [2.75, 3.05) is 0 Å². The number of rotatable bonds is 2. The Balaban J connectivity index is 0. The number of hydrogen-bond acceptors (Lipinski definition) is 3. The molecule has 3 nitrogen and oxygen atoms in total. The maximum absolute atomic E-state index is 7.12. The molecule has 0 aliphatic heterocycles. The van der Waals surface area contributed by atoms with Gasteiger partial charge in [-0.3, -0.25) is 0 Å². The molecule has 0 aliphatic rings. The first-order chi connectivity index (χ1) is 7.86. The van der Waals surface area contributed by atoms with Crippen LogP contribution in [0, 0.1) is 0 Å². The van der Waals surface area contributed by atoms with E-state index in [4.69, 9.17) is 10.0 Å². The van der Waals surface area contributed by atoms with E-state index in [2.05, 4.69) is 48.5 Å². The summed E-state index contributed by atoms with van der Waals surface area (Å²) in [5.74, 6) is 0. The molecule has 4 N–H and O–H groups in total. The topological polar surface area (TPSA) is 72.0 Å². The van der Waals surface area contributed by atoms with Gasteiger partial charge in [-0.2, -0.15) is 0 Å². The Morgan fingerprint density at radius 1 is 0.722 bits per heavy atom. The predicted octanol–water partition coefficient (Wildman–Crippen LogP) is 0.602. The summed E-state index contributed by atoms with van der Waals surface area (Å²) >= 11 is 1.79. The van der Waals surface area contributed by atoms with Crippen LogP contribution in [0.5, 0.6) is 0 Å². The van der Waals surface area contributed by atoms with Crippen LogP contribution in [-0.4, -0.2) is 52.8 Å². The second-order valence-electron chi connectivity index (χ2n) is 2.87. The standard InChI is InChI=1S/C12H10S.BH3O2.Na.H2O.H/c1-3-7-11(8-4-1)13-12-9-5-2-6-10-12;2-1-3;;;/h1-10H;1-3H;;1H2;. The average molecular weight is 274 g/mol. The molecule has 0 atom stereocenters. The smallest absolute Gasteiger partial charge is 0.0122 e. The minimum Gasteiger partial charge on any atom is -0.0901 e. The fraction of sp³-hybridized carbons (Fsp3) is 0. The van der Waals surface area contributed by atoms with Gasteiger partial charge < -0.3 is 15.5 Å². The molecule has 0 saturated heterocycles. The number of hydrogen-bond donors (Lipinski definition) is 2. The van der Waals surface area contributed by atoms with Crippen molar-refractivity contribution >= 4 is 49.0 Å². The molecule has 0 unspecified atom stereocenters. The minimum atomic E-state index is -0.750. The molecule has 0 amide bonds. The fourth-order valence-corrected chi connectivity index (χ4v) is 1.97. The molecule has 0 spiro atoms. The van der Waals surface area contributed by atoms with Gasteiger partial charge in [-0.15, -0.1) is 0 Å². The van der Waals surface area contributed by atoms with E-state index in [0.29, 0.717) is 0 Å². The van der Waals surface area contributed by atoms with Crippen molar-refractivity contribution in [2.45, 2.75) is 9.79 Å². The summed E-state index contributed by atoms with van der Waals surface area (Å²) in [5, 5.41) is 14.2. The van der Waals surface area contributed by atoms with Gasteiger partial charge in [0.1, 0.15) is 0 Å². The van der Waals surface area contributed by atoms with Gasteiger partial charge in [0, 0.05) is 9.79 Å². The Kier molecular flexibility index (Phi) is 14.7. The van der Waals surface area contributed by atoms with Crippen LogP contribution in [0.25, 0.3) is 0 Å². The molecule has 0 aromatic heterocycles. The zero-order valence-corrected chi connectivity index (χ0v) is 10.1. The van der Waals surface area contributed by atoms with E-state index < -0.39 is 7.69 Å². The van der Waals surface area contributed by atoms with E-state index in [1.54, 1.807) is 11.8 Å². The van der Waals surface area contributed by atoms with Crippen molar-refractivity contribution in [1.82, 2.24) is 0 Å². The monoisotopic (exact) mass is 274 g/mol. The van der Waals surface area contributed by atoms with Crippen molar-refractivity contribution in [3.05, 3.63) is 60.7 Å². The van der Waals surface area contributed by atoms with Crippen molar-refractivity contribution in [3.8, 4) is 0 Å². The summed E-state index contributed by atoms with van der Waals surface area (Å²) in [5.41, 5.74) is 0. The summed E-state index contributed by atoms with van der Waals surface area (Å²) in [7, 11) is -0.750. The minimum absolute atomic E-state index is 0. The van der Waals surface area contributed by atoms with E-state index >= 15 is 0 Å². The van der Waals surface area contributed by atoms with Crippen LogP contribution >= 0.6 is 11.8 Å². The van der Waals surface area contributed by atoms with E-state index in [1.807, 2.05) is 12.1 Å². The third kappa shape index (κ3) is 8.77. The molecule has 2 aromatic carbocycles. The van der Waals surface area contributed by atoms with Crippen LogP contribution in [0.2, 0.25) is 0 Å². The predicted molar refractivity (Wildman–Crippen MR) is 79.4 cm³/mol. The molecule has 0 heterocycles. The van der Waals surface area contributed by atoms with Gasteiger partial charge >= 0.3 is 37.2 Å². The third-order valence-corrected chi connectivity index (χ3v) is 2.74.